The maximum atomic E-state index is 12.2. The zero-order chi connectivity index (χ0) is 11.5. The Morgan fingerprint density at radius 3 is 2.88 bits per heavy atom. The van der Waals surface area contributed by atoms with Crippen molar-refractivity contribution in [3.63, 3.8) is 0 Å². The Labute approximate surface area is 104 Å². The molecule has 1 atom stereocenters. The lowest BCUT2D eigenvalue weighted by Crippen LogP contribution is -2.38. The number of nitrogens with zero attached hydrogens (tertiary/aromatic N) is 1. The van der Waals surface area contributed by atoms with Gasteiger partial charge in [-0.3, -0.25) is 4.79 Å². The Morgan fingerprint density at radius 1 is 1.50 bits per heavy atom. The third-order valence-corrected chi connectivity index (χ3v) is 3.70. The van der Waals surface area contributed by atoms with Gasteiger partial charge in [0.05, 0.1) is 5.56 Å². The van der Waals surface area contributed by atoms with Crippen LogP contribution in [0.5, 0.6) is 0 Å². The average Bonchev–Trinajstić information content (AvgIpc) is 2.81. The highest BCUT2D eigenvalue weighted by Crippen LogP contribution is 2.19. The molecule has 16 heavy (non-hydrogen) atoms. The quantitative estimate of drug-likeness (QED) is 0.899. The largest absolute Gasteiger partial charge is 0.337 e. The summed E-state index contributed by atoms with van der Waals surface area (Å²) >= 11 is 3.41. The molecular weight excluding hydrogens is 268 g/mol. The fourth-order valence-corrected chi connectivity index (χ4v) is 2.41. The fourth-order valence-electron chi connectivity index (χ4n) is 1.96. The molecular formula is C12H15BrN2O. The van der Waals surface area contributed by atoms with Gasteiger partial charge in [0.15, 0.2) is 0 Å². The van der Waals surface area contributed by atoms with E-state index in [0.717, 1.165) is 29.5 Å². The predicted molar refractivity (Wildman–Crippen MR) is 67.5 cm³/mol. The van der Waals surface area contributed by atoms with Gasteiger partial charge >= 0.3 is 0 Å². The van der Waals surface area contributed by atoms with Crippen LogP contribution in [0.15, 0.2) is 28.7 Å². The summed E-state index contributed by atoms with van der Waals surface area (Å²) in [5.74, 6) is 0.0844. The molecule has 0 aliphatic carbocycles. The molecule has 0 radical (unpaired) electrons. The molecule has 1 fully saturated rings. The van der Waals surface area contributed by atoms with Gasteiger partial charge in [0.2, 0.25) is 0 Å². The highest BCUT2D eigenvalue weighted by molar-refractivity contribution is 9.10. The highest BCUT2D eigenvalue weighted by Gasteiger charge is 2.24. The summed E-state index contributed by atoms with van der Waals surface area (Å²) in [4.78, 5) is 14.1. The van der Waals surface area contributed by atoms with Gasteiger partial charge in [-0.15, -0.1) is 0 Å². The summed E-state index contributed by atoms with van der Waals surface area (Å²) < 4.78 is 0.859. The van der Waals surface area contributed by atoms with E-state index in [2.05, 4.69) is 21.2 Å². The molecule has 0 unspecified atom stereocenters. The second-order valence-corrected chi connectivity index (χ2v) is 4.90. The van der Waals surface area contributed by atoms with Crippen molar-refractivity contribution in [2.45, 2.75) is 12.5 Å². The van der Waals surface area contributed by atoms with Gasteiger partial charge in [0, 0.05) is 24.1 Å². The first kappa shape index (κ1) is 11.6. The van der Waals surface area contributed by atoms with E-state index in [4.69, 9.17) is 0 Å². The standard InChI is InChI=1S/C12H15BrN2O/c1-15(9-6-7-14-8-9)12(16)10-4-2-3-5-11(10)13/h2-5,9,14H,6-8H2,1H3/t9-/m0/s1. The van der Waals surface area contributed by atoms with E-state index in [1.165, 1.54) is 0 Å². The molecule has 86 valence electrons. The number of carbonyl (C=O) groups excluding carboxylic acids is 1. The molecule has 0 aromatic heterocycles. The minimum Gasteiger partial charge on any atom is -0.337 e. The number of rotatable bonds is 2. The molecule has 3 nitrogen and oxygen atoms in total. The number of benzene rings is 1. The van der Waals surface area contributed by atoms with E-state index < -0.39 is 0 Å². The molecule has 2 rings (SSSR count). The molecule has 1 aromatic rings. The van der Waals surface area contributed by atoms with E-state index in [-0.39, 0.29) is 5.91 Å². The molecule has 4 heteroatoms. The Hall–Kier alpha value is -0.870. The van der Waals surface area contributed by atoms with E-state index in [9.17, 15) is 4.79 Å². The van der Waals surface area contributed by atoms with Crippen molar-refractivity contribution < 1.29 is 4.79 Å². The summed E-state index contributed by atoms with van der Waals surface area (Å²) in [5.41, 5.74) is 0.733. The molecule has 1 amide bonds. The van der Waals surface area contributed by atoms with Gasteiger partial charge in [-0.25, -0.2) is 0 Å². The molecule has 1 N–H and O–H groups in total. The van der Waals surface area contributed by atoms with Crippen LogP contribution in [-0.4, -0.2) is 37.0 Å². The van der Waals surface area contributed by atoms with Gasteiger partial charge < -0.3 is 10.2 Å². The lowest BCUT2D eigenvalue weighted by molar-refractivity contribution is 0.0743. The first-order chi connectivity index (χ1) is 7.70. The van der Waals surface area contributed by atoms with Crippen LogP contribution in [0.1, 0.15) is 16.8 Å². The SMILES string of the molecule is CN(C(=O)c1ccccc1Br)[C@H]1CCNC1. The van der Waals surface area contributed by atoms with Crippen molar-refractivity contribution in [1.29, 1.82) is 0 Å². The summed E-state index contributed by atoms with van der Waals surface area (Å²) in [6, 6.07) is 7.87. The van der Waals surface area contributed by atoms with E-state index in [1.54, 1.807) is 0 Å². The zero-order valence-corrected chi connectivity index (χ0v) is 10.8. The molecule has 0 spiro atoms. The van der Waals surface area contributed by atoms with Gasteiger partial charge in [0.25, 0.3) is 5.91 Å². The molecule has 0 saturated carbocycles. The zero-order valence-electron chi connectivity index (χ0n) is 9.24. The molecule has 1 aromatic carbocycles. The number of carbonyl (C=O) groups is 1. The van der Waals surface area contributed by atoms with Crippen molar-refractivity contribution >= 4 is 21.8 Å². The number of hydrogen-bond acceptors (Lipinski definition) is 2. The predicted octanol–water partition coefficient (Wildman–Crippen LogP) is 1.88. The van der Waals surface area contributed by atoms with Gasteiger partial charge in [0.1, 0.15) is 0 Å². The van der Waals surface area contributed by atoms with E-state index >= 15 is 0 Å². The van der Waals surface area contributed by atoms with E-state index in [0.29, 0.717) is 6.04 Å². The van der Waals surface area contributed by atoms with Gasteiger partial charge in [-0.1, -0.05) is 12.1 Å². The van der Waals surface area contributed by atoms with Crippen molar-refractivity contribution in [2.24, 2.45) is 0 Å². The Balaban J connectivity index is 2.15. The number of hydrogen-bond donors (Lipinski definition) is 1. The van der Waals surface area contributed by atoms with Gasteiger partial charge in [-0.05, 0) is 41.0 Å². The fraction of sp³-hybridized carbons (Fsp3) is 0.417. The van der Waals surface area contributed by atoms with Crippen molar-refractivity contribution in [3.8, 4) is 0 Å². The lowest BCUT2D eigenvalue weighted by Gasteiger charge is -2.24. The Bertz CT molecular complexity index is 388. The molecule has 1 aliphatic heterocycles. The van der Waals surface area contributed by atoms with Crippen LogP contribution in [0, 0.1) is 0 Å². The molecule has 1 saturated heterocycles. The first-order valence-electron chi connectivity index (χ1n) is 5.42. The third-order valence-electron chi connectivity index (χ3n) is 3.01. The summed E-state index contributed by atoms with van der Waals surface area (Å²) in [5, 5.41) is 3.27. The third kappa shape index (κ3) is 2.28. The molecule has 0 bridgehead atoms. The van der Waals surface area contributed by atoms with Crippen LogP contribution in [0.25, 0.3) is 0 Å². The average molecular weight is 283 g/mol. The Kier molecular flexibility index (Phi) is 3.61. The van der Waals surface area contributed by atoms with Crippen LogP contribution >= 0.6 is 15.9 Å². The summed E-state index contributed by atoms with van der Waals surface area (Å²) in [6.45, 7) is 1.89. The van der Waals surface area contributed by atoms with Crippen molar-refractivity contribution in [1.82, 2.24) is 10.2 Å². The minimum atomic E-state index is 0.0844. The summed E-state index contributed by atoms with van der Waals surface area (Å²) in [7, 11) is 1.87. The van der Waals surface area contributed by atoms with Crippen molar-refractivity contribution in [3.05, 3.63) is 34.3 Å². The maximum absolute atomic E-state index is 12.2. The molecule has 1 heterocycles. The van der Waals surface area contributed by atoms with E-state index in [1.807, 2.05) is 36.2 Å². The Morgan fingerprint density at radius 2 is 2.25 bits per heavy atom. The number of likely N-dealkylation sites (N-methyl/N-ethyl adjacent to an activating group) is 1. The van der Waals surface area contributed by atoms with Crippen LogP contribution in [0.3, 0.4) is 0 Å². The highest BCUT2D eigenvalue weighted by atomic mass is 79.9. The second-order valence-electron chi connectivity index (χ2n) is 4.04. The number of amides is 1. The topological polar surface area (TPSA) is 32.3 Å². The number of nitrogens with one attached hydrogen (secondary N) is 1. The monoisotopic (exact) mass is 282 g/mol. The first-order valence-corrected chi connectivity index (χ1v) is 6.22. The lowest BCUT2D eigenvalue weighted by atomic mass is 10.1. The second kappa shape index (κ2) is 4.97. The smallest absolute Gasteiger partial charge is 0.255 e. The molecule has 1 aliphatic rings. The van der Waals surface area contributed by atoms with Crippen LogP contribution in [0.4, 0.5) is 0 Å². The van der Waals surface area contributed by atoms with Crippen molar-refractivity contribution in [2.75, 3.05) is 20.1 Å². The maximum Gasteiger partial charge on any atom is 0.255 e. The van der Waals surface area contributed by atoms with Crippen LogP contribution in [-0.2, 0) is 0 Å². The van der Waals surface area contributed by atoms with Crippen LogP contribution in [0.2, 0.25) is 0 Å². The number of halogens is 1. The minimum absolute atomic E-state index is 0.0844. The van der Waals surface area contributed by atoms with Gasteiger partial charge in [-0.2, -0.15) is 0 Å². The van der Waals surface area contributed by atoms with Crippen LogP contribution < -0.4 is 5.32 Å². The normalized spacial score (nSPS) is 19.8. The summed E-state index contributed by atoms with van der Waals surface area (Å²) in [6.07, 6.45) is 1.03.